The molecule has 2 aromatic rings. The van der Waals surface area contributed by atoms with Gasteiger partial charge in [-0.1, -0.05) is 59.9 Å². The van der Waals surface area contributed by atoms with Crippen LogP contribution in [0.3, 0.4) is 0 Å². The fourth-order valence-electron chi connectivity index (χ4n) is 4.19. The molecule has 0 unspecified atom stereocenters. The Morgan fingerprint density at radius 3 is 1.97 bits per heavy atom. The molecule has 3 amide bonds. The van der Waals surface area contributed by atoms with E-state index in [1.807, 2.05) is 12.1 Å². The first kappa shape index (κ1) is 24.0. The van der Waals surface area contributed by atoms with E-state index in [0.717, 1.165) is 20.1 Å². The molecule has 2 aromatic carbocycles. The number of hydrogen-bond donors (Lipinski definition) is 0. The van der Waals surface area contributed by atoms with Gasteiger partial charge >= 0.3 is 0 Å². The van der Waals surface area contributed by atoms with Crippen LogP contribution >= 0.6 is 47.8 Å². The molecule has 172 valence electrons. The zero-order valence-corrected chi connectivity index (χ0v) is 21.8. The van der Waals surface area contributed by atoms with E-state index in [2.05, 4.69) is 47.8 Å². The highest BCUT2D eigenvalue weighted by molar-refractivity contribution is 9.12. The summed E-state index contributed by atoms with van der Waals surface area (Å²) in [5.41, 5.74) is 0.711. The van der Waals surface area contributed by atoms with E-state index in [1.165, 1.54) is 24.3 Å². The maximum atomic E-state index is 13.5. The first-order valence-corrected chi connectivity index (χ1v) is 12.8. The van der Waals surface area contributed by atoms with Gasteiger partial charge in [0.1, 0.15) is 0 Å². The van der Waals surface area contributed by atoms with Crippen LogP contribution < -0.4 is 0 Å². The number of hydrogen-bond acceptors (Lipinski definition) is 5. The molecule has 0 radical (unpaired) electrons. The number of carbonyl (C=O) groups excluding carboxylic acids is 3. The molecule has 0 spiro atoms. The van der Waals surface area contributed by atoms with Crippen LogP contribution in [0, 0.1) is 22.0 Å². The molecule has 0 N–H and O–H groups in total. The molecule has 11 heteroatoms. The van der Waals surface area contributed by atoms with Crippen molar-refractivity contribution in [2.45, 2.75) is 29.0 Å². The Bertz CT molecular complexity index is 1080. The van der Waals surface area contributed by atoms with Crippen LogP contribution in [0.4, 0.5) is 5.69 Å². The number of nitro benzene ring substituents is 1. The van der Waals surface area contributed by atoms with Gasteiger partial charge in [-0.25, -0.2) is 5.01 Å². The van der Waals surface area contributed by atoms with Gasteiger partial charge in [0.15, 0.2) is 0 Å². The van der Waals surface area contributed by atoms with E-state index in [9.17, 15) is 24.5 Å². The van der Waals surface area contributed by atoms with E-state index in [4.69, 9.17) is 0 Å². The third-order valence-electron chi connectivity index (χ3n) is 5.93. The summed E-state index contributed by atoms with van der Waals surface area (Å²) < 4.78 is 0.852. The fraction of sp³-hybridized carbons (Fsp3) is 0.318. The van der Waals surface area contributed by atoms with Gasteiger partial charge in [0, 0.05) is 31.8 Å². The van der Waals surface area contributed by atoms with E-state index in [-0.39, 0.29) is 27.4 Å². The number of halogens is 3. The second-order valence-corrected chi connectivity index (χ2v) is 11.3. The Morgan fingerprint density at radius 1 is 0.970 bits per heavy atom. The van der Waals surface area contributed by atoms with E-state index >= 15 is 0 Å². The normalized spacial score (nSPS) is 24.5. The Morgan fingerprint density at radius 2 is 1.48 bits per heavy atom. The van der Waals surface area contributed by atoms with Crippen molar-refractivity contribution in [2.75, 3.05) is 0 Å². The van der Waals surface area contributed by atoms with Gasteiger partial charge in [-0.05, 0) is 42.7 Å². The molecular weight excluding hydrogens is 626 g/mol. The summed E-state index contributed by atoms with van der Waals surface area (Å²) >= 11 is 10.5. The average Bonchev–Trinajstić information content (AvgIpc) is 3.02. The van der Waals surface area contributed by atoms with Gasteiger partial charge in [-0.3, -0.25) is 24.5 Å². The summed E-state index contributed by atoms with van der Waals surface area (Å²) in [5.74, 6) is -2.40. The maximum absolute atomic E-state index is 13.5. The molecule has 0 aromatic heterocycles. The van der Waals surface area contributed by atoms with Crippen molar-refractivity contribution >= 4 is 71.2 Å². The Balaban J connectivity index is 1.70. The predicted octanol–water partition coefficient (Wildman–Crippen LogP) is 4.84. The van der Waals surface area contributed by atoms with Crippen LogP contribution in [0.25, 0.3) is 0 Å². The second-order valence-electron chi connectivity index (χ2n) is 8.00. The highest BCUT2D eigenvalue weighted by atomic mass is 79.9. The number of amides is 3. The Kier molecular flexibility index (Phi) is 7.01. The molecule has 1 aliphatic heterocycles. The number of hydrazine groups is 1. The molecule has 2 aliphatic rings. The first-order chi connectivity index (χ1) is 15.7. The maximum Gasteiger partial charge on any atom is 0.273 e. The minimum absolute atomic E-state index is 0.00446. The van der Waals surface area contributed by atoms with E-state index < -0.39 is 34.5 Å². The molecule has 4 atom stereocenters. The molecule has 0 bridgehead atoms. The Hall–Kier alpha value is -2.11. The molecule has 1 saturated carbocycles. The third-order valence-corrected chi connectivity index (χ3v) is 9.20. The quantitative estimate of drug-likeness (QED) is 0.201. The van der Waals surface area contributed by atoms with Gasteiger partial charge in [0.05, 0.1) is 23.3 Å². The smallest absolute Gasteiger partial charge is 0.272 e. The van der Waals surface area contributed by atoms with Gasteiger partial charge in [0.25, 0.3) is 23.4 Å². The number of imide groups is 1. The number of benzene rings is 2. The molecule has 1 saturated heterocycles. The largest absolute Gasteiger partial charge is 0.273 e. The fourth-order valence-corrected chi connectivity index (χ4v) is 5.69. The number of nitrogens with zero attached hydrogens (tertiary/aromatic N) is 3. The number of non-ortho nitro benzene ring substituents is 1. The van der Waals surface area contributed by atoms with Crippen LogP contribution in [0.1, 0.15) is 28.8 Å². The summed E-state index contributed by atoms with van der Waals surface area (Å²) in [6.45, 7) is -0.00446. The average molecular weight is 644 g/mol. The minimum atomic E-state index is -0.584. The lowest BCUT2D eigenvalue weighted by Crippen LogP contribution is -2.49. The van der Waals surface area contributed by atoms with Crippen LogP contribution in [-0.2, 0) is 16.1 Å². The van der Waals surface area contributed by atoms with Gasteiger partial charge < -0.3 is 0 Å². The number of alkyl halides is 2. The first-order valence-electron chi connectivity index (χ1n) is 10.1. The van der Waals surface area contributed by atoms with Crippen molar-refractivity contribution in [3.8, 4) is 0 Å². The summed E-state index contributed by atoms with van der Waals surface area (Å²) in [6, 6.07) is 12.3. The summed E-state index contributed by atoms with van der Waals surface area (Å²) in [4.78, 5) is 50.7. The van der Waals surface area contributed by atoms with Gasteiger partial charge in [0.2, 0.25) is 0 Å². The molecule has 4 rings (SSSR count). The van der Waals surface area contributed by atoms with Crippen molar-refractivity contribution in [3.63, 3.8) is 0 Å². The zero-order chi connectivity index (χ0) is 23.9. The zero-order valence-electron chi connectivity index (χ0n) is 17.1. The van der Waals surface area contributed by atoms with Crippen molar-refractivity contribution in [1.82, 2.24) is 10.0 Å². The van der Waals surface area contributed by atoms with E-state index in [1.54, 1.807) is 12.1 Å². The SMILES string of the molecule is O=C(c1ccc([N+](=O)[O-])cc1)N(Cc1ccc(Br)cc1)N1C(=O)[C@H]2C[C@@H](Br)[C@@H](Br)C[C@H]2C1=O. The van der Waals surface area contributed by atoms with Crippen molar-refractivity contribution < 1.29 is 19.3 Å². The lowest BCUT2D eigenvalue weighted by molar-refractivity contribution is -0.384. The summed E-state index contributed by atoms with van der Waals surface area (Å²) in [5, 5.41) is 13.1. The summed E-state index contributed by atoms with van der Waals surface area (Å²) in [6.07, 6.45) is 0.971. The minimum Gasteiger partial charge on any atom is -0.272 e. The standard InChI is InChI=1S/C22H18Br3N3O5/c23-14-5-1-12(2-6-14)11-26(20(29)13-3-7-15(8-4-13)28(32)33)27-21(30)16-9-18(24)19(25)10-17(16)22(27)31/h1-8,16-19H,9-11H2/t16-,17+,18+,19-. The topological polar surface area (TPSA) is 101 Å². The highest BCUT2D eigenvalue weighted by Crippen LogP contribution is 2.44. The Labute approximate surface area is 214 Å². The molecule has 1 aliphatic carbocycles. The third kappa shape index (κ3) is 4.76. The van der Waals surface area contributed by atoms with Crippen molar-refractivity contribution in [2.24, 2.45) is 11.8 Å². The number of carbonyl (C=O) groups is 3. The number of fused-ring (bicyclic) bond motifs is 1. The summed E-state index contributed by atoms with van der Waals surface area (Å²) in [7, 11) is 0. The number of nitro groups is 1. The lowest BCUT2D eigenvalue weighted by atomic mass is 9.81. The molecule has 33 heavy (non-hydrogen) atoms. The molecule has 1 heterocycles. The molecular formula is C22H18Br3N3O5. The van der Waals surface area contributed by atoms with Gasteiger partial charge in [-0.2, -0.15) is 5.01 Å². The van der Waals surface area contributed by atoms with Crippen LogP contribution in [0.2, 0.25) is 0 Å². The number of rotatable bonds is 5. The highest BCUT2D eigenvalue weighted by Gasteiger charge is 2.54. The van der Waals surface area contributed by atoms with Crippen LogP contribution in [0.5, 0.6) is 0 Å². The second kappa shape index (κ2) is 9.63. The van der Waals surface area contributed by atoms with Gasteiger partial charge in [-0.15, -0.1) is 0 Å². The predicted molar refractivity (Wildman–Crippen MR) is 131 cm³/mol. The van der Waals surface area contributed by atoms with Crippen molar-refractivity contribution in [3.05, 3.63) is 74.2 Å². The van der Waals surface area contributed by atoms with Crippen LogP contribution in [-0.4, -0.2) is 42.3 Å². The lowest BCUT2D eigenvalue weighted by Gasteiger charge is -2.30. The van der Waals surface area contributed by atoms with Crippen molar-refractivity contribution in [1.29, 1.82) is 0 Å². The van der Waals surface area contributed by atoms with E-state index in [0.29, 0.717) is 12.8 Å². The molecule has 8 nitrogen and oxygen atoms in total. The monoisotopic (exact) mass is 641 g/mol. The molecule has 2 fully saturated rings. The van der Waals surface area contributed by atoms with Crippen LogP contribution in [0.15, 0.2) is 53.0 Å².